The first-order valence-corrected chi connectivity index (χ1v) is 3.39. The third-order valence-electron chi connectivity index (χ3n) is 1.50. The maximum Gasteiger partial charge on any atom is 0.0672 e. The summed E-state index contributed by atoms with van der Waals surface area (Å²) in [5.74, 6) is 0.299. The highest BCUT2D eigenvalue weighted by atomic mass is 15.0. The molecule has 1 saturated carbocycles. The second kappa shape index (κ2) is 2.36. The number of hydrogen-bond donors (Lipinski definition) is 1. The first kappa shape index (κ1) is 6.57. The van der Waals surface area contributed by atoms with Gasteiger partial charge in [0.1, 0.15) is 0 Å². The van der Waals surface area contributed by atoms with Crippen LogP contribution in [-0.4, -0.2) is 12.1 Å². The third kappa shape index (κ3) is 1.69. The number of nitrogens with zero attached hydrogens (tertiary/aromatic N) is 1. The Morgan fingerprint density at radius 2 is 2.33 bits per heavy atom. The molecule has 0 amide bonds. The van der Waals surface area contributed by atoms with Crippen LogP contribution in [0.1, 0.15) is 20.3 Å². The van der Waals surface area contributed by atoms with Gasteiger partial charge in [0.15, 0.2) is 0 Å². The number of rotatable bonds is 2. The van der Waals surface area contributed by atoms with Crippen molar-refractivity contribution >= 4 is 0 Å². The van der Waals surface area contributed by atoms with E-state index in [-0.39, 0.29) is 0 Å². The van der Waals surface area contributed by atoms with Crippen LogP contribution in [0.15, 0.2) is 0 Å². The van der Waals surface area contributed by atoms with Crippen LogP contribution in [0.2, 0.25) is 0 Å². The highest BCUT2D eigenvalue weighted by Crippen LogP contribution is 2.29. The molecule has 0 saturated heterocycles. The van der Waals surface area contributed by atoms with Gasteiger partial charge in [0, 0.05) is 12.1 Å². The molecule has 1 fully saturated rings. The zero-order valence-electron chi connectivity index (χ0n) is 5.89. The van der Waals surface area contributed by atoms with Gasteiger partial charge in [-0.2, -0.15) is 5.26 Å². The zero-order valence-corrected chi connectivity index (χ0v) is 5.89. The van der Waals surface area contributed by atoms with Gasteiger partial charge >= 0.3 is 0 Å². The van der Waals surface area contributed by atoms with Gasteiger partial charge in [-0.1, -0.05) is 13.8 Å². The molecule has 2 atom stereocenters. The van der Waals surface area contributed by atoms with E-state index in [1.165, 1.54) is 0 Å². The van der Waals surface area contributed by atoms with Gasteiger partial charge in [-0.05, 0) is 6.42 Å². The van der Waals surface area contributed by atoms with Gasteiger partial charge in [-0.15, -0.1) is 0 Å². The summed E-state index contributed by atoms with van der Waals surface area (Å²) in [6.45, 7) is 4.21. The Hall–Kier alpha value is -0.550. The van der Waals surface area contributed by atoms with Crippen molar-refractivity contribution < 1.29 is 0 Å². The number of hydrogen-bond acceptors (Lipinski definition) is 2. The molecule has 9 heavy (non-hydrogen) atoms. The Bertz CT molecular complexity index is 134. The van der Waals surface area contributed by atoms with E-state index in [2.05, 4.69) is 25.2 Å². The molecule has 0 aromatic rings. The van der Waals surface area contributed by atoms with Crippen molar-refractivity contribution in [2.24, 2.45) is 5.92 Å². The number of nitrogens with one attached hydrogen (secondary N) is 1. The van der Waals surface area contributed by atoms with E-state index in [1.807, 2.05) is 0 Å². The van der Waals surface area contributed by atoms with Gasteiger partial charge in [-0.25, -0.2) is 0 Å². The van der Waals surface area contributed by atoms with Gasteiger partial charge in [0.2, 0.25) is 0 Å². The fraction of sp³-hybridized carbons (Fsp3) is 0.857. The smallest absolute Gasteiger partial charge is 0.0672 e. The van der Waals surface area contributed by atoms with Crippen molar-refractivity contribution in [3.63, 3.8) is 0 Å². The summed E-state index contributed by atoms with van der Waals surface area (Å²) in [5, 5.41) is 11.7. The van der Waals surface area contributed by atoms with Crippen molar-refractivity contribution in [1.82, 2.24) is 5.32 Å². The Morgan fingerprint density at radius 3 is 2.67 bits per heavy atom. The van der Waals surface area contributed by atoms with Crippen LogP contribution in [0, 0.1) is 17.2 Å². The van der Waals surface area contributed by atoms with Crippen molar-refractivity contribution in [2.45, 2.75) is 32.4 Å². The summed E-state index contributed by atoms with van der Waals surface area (Å²) in [6.07, 6.45) is 1.05. The molecule has 0 heterocycles. The van der Waals surface area contributed by atoms with E-state index in [1.54, 1.807) is 0 Å². The minimum absolute atomic E-state index is 0.299. The van der Waals surface area contributed by atoms with E-state index in [0.717, 1.165) is 6.42 Å². The minimum atomic E-state index is 0.299. The van der Waals surface area contributed by atoms with Crippen LogP contribution in [0.4, 0.5) is 0 Å². The van der Waals surface area contributed by atoms with Crippen LogP contribution < -0.4 is 5.32 Å². The summed E-state index contributed by atoms with van der Waals surface area (Å²) in [6, 6.07) is 3.25. The van der Waals surface area contributed by atoms with Crippen LogP contribution in [-0.2, 0) is 0 Å². The molecule has 0 aromatic carbocycles. The van der Waals surface area contributed by atoms with Crippen molar-refractivity contribution in [3.8, 4) is 6.07 Å². The molecule has 0 spiro atoms. The maximum atomic E-state index is 8.40. The SMILES string of the molecule is CC(C)NC1CC1C#N. The van der Waals surface area contributed by atoms with Crippen molar-refractivity contribution in [3.05, 3.63) is 0 Å². The second-order valence-electron chi connectivity index (χ2n) is 2.90. The Kier molecular flexibility index (Phi) is 1.73. The molecule has 0 aliphatic heterocycles. The van der Waals surface area contributed by atoms with Crippen LogP contribution in [0.25, 0.3) is 0 Å². The van der Waals surface area contributed by atoms with Gasteiger partial charge in [0.25, 0.3) is 0 Å². The van der Waals surface area contributed by atoms with Crippen LogP contribution in [0.3, 0.4) is 0 Å². The Balaban J connectivity index is 2.14. The molecular weight excluding hydrogens is 112 g/mol. The average molecular weight is 124 g/mol. The summed E-state index contributed by atoms with van der Waals surface area (Å²) < 4.78 is 0. The van der Waals surface area contributed by atoms with Crippen molar-refractivity contribution in [1.29, 1.82) is 5.26 Å². The molecule has 0 radical (unpaired) electrons. The first-order valence-electron chi connectivity index (χ1n) is 3.39. The lowest BCUT2D eigenvalue weighted by Gasteiger charge is -2.03. The highest BCUT2D eigenvalue weighted by Gasteiger charge is 2.36. The summed E-state index contributed by atoms with van der Waals surface area (Å²) >= 11 is 0. The highest BCUT2D eigenvalue weighted by molar-refractivity contribution is 5.06. The fourth-order valence-electron chi connectivity index (χ4n) is 0.950. The molecule has 2 heteroatoms. The van der Waals surface area contributed by atoms with Gasteiger partial charge in [0.05, 0.1) is 12.0 Å². The van der Waals surface area contributed by atoms with E-state index >= 15 is 0 Å². The molecule has 50 valence electrons. The topological polar surface area (TPSA) is 35.8 Å². The lowest BCUT2D eigenvalue weighted by atomic mass is 10.4. The predicted molar refractivity (Wildman–Crippen MR) is 35.8 cm³/mol. The van der Waals surface area contributed by atoms with Gasteiger partial charge < -0.3 is 5.32 Å². The first-order chi connectivity index (χ1) is 4.24. The summed E-state index contributed by atoms with van der Waals surface area (Å²) in [7, 11) is 0. The minimum Gasteiger partial charge on any atom is -0.310 e. The Labute approximate surface area is 55.9 Å². The lowest BCUT2D eigenvalue weighted by Crippen LogP contribution is -2.25. The molecule has 1 N–H and O–H groups in total. The van der Waals surface area contributed by atoms with E-state index in [4.69, 9.17) is 5.26 Å². The van der Waals surface area contributed by atoms with Crippen LogP contribution >= 0.6 is 0 Å². The quantitative estimate of drug-likeness (QED) is 0.593. The molecule has 0 aromatic heterocycles. The normalized spacial score (nSPS) is 32.2. The maximum absolute atomic E-state index is 8.40. The standard InChI is InChI=1S/C7H12N2/c1-5(2)9-7-3-6(7)4-8/h5-7,9H,3H2,1-2H3. The molecular formula is C7H12N2. The molecule has 0 bridgehead atoms. The second-order valence-corrected chi connectivity index (χ2v) is 2.90. The molecule has 1 rings (SSSR count). The molecule has 2 nitrogen and oxygen atoms in total. The van der Waals surface area contributed by atoms with Crippen molar-refractivity contribution in [2.75, 3.05) is 0 Å². The molecule has 1 aliphatic carbocycles. The summed E-state index contributed by atoms with van der Waals surface area (Å²) in [4.78, 5) is 0. The largest absolute Gasteiger partial charge is 0.310 e. The molecule has 2 unspecified atom stereocenters. The lowest BCUT2D eigenvalue weighted by molar-refractivity contribution is 0.574. The van der Waals surface area contributed by atoms with Gasteiger partial charge in [-0.3, -0.25) is 0 Å². The van der Waals surface area contributed by atoms with E-state index in [9.17, 15) is 0 Å². The predicted octanol–water partition coefficient (Wildman–Crippen LogP) is 0.896. The fourth-order valence-corrected chi connectivity index (χ4v) is 0.950. The monoisotopic (exact) mass is 124 g/mol. The number of nitriles is 1. The van der Waals surface area contributed by atoms with Crippen LogP contribution in [0.5, 0.6) is 0 Å². The summed E-state index contributed by atoms with van der Waals surface area (Å²) in [5.41, 5.74) is 0. The zero-order chi connectivity index (χ0) is 6.85. The Morgan fingerprint density at radius 1 is 1.67 bits per heavy atom. The van der Waals surface area contributed by atoms with E-state index < -0.39 is 0 Å². The third-order valence-corrected chi connectivity index (χ3v) is 1.50. The molecule has 1 aliphatic rings. The average Bonchev–Trinajstić information content (AvgIpc) is 2.45. The van der Waals surface area contributed by atoms with E-state index in [0.29, 0.717) is 18.0 Å².